The van der Waals surface area contributed by atoms with Gasteiger partial charge in [0.2, 0.25) is 0 Å². The molecule has 1 rings (SSSR count). The van der Waals surface area contributed by atoms with E-state index in [1.807, 2.05) is 0 Å². The van der Waals surface area contributed by atoms with E-state index < -0.39 is 28.6 Å². The highest BCUT2D eigenvalue weighted by Gasteiger charge is 2.24. The van der Waals surface area contributed by atoms with Crippen molar-refractivity contribution < 1.29 is 24.0 Å². The summed E-state index contributed by atoms with van der Waals surface area (Å²) >= 11 is 0. The predicted octanol–water partition coefficient (Wildman–Crippen LogP) is 3.04. The molecule has 0 spiro atoms. The molecule has 0 saturated heterocycles. The van der Waals surface area contributed by atoms with Gasteiger partial charge in [0.25, 0.3) is 5.69 Å². The van der Waals surface area contributed by atoms with Crippen molar-refractivity contribution >= 4 is 17.6 Å². The van der Waals surface area contributed by atoms with Gasteiger partial charge in [0.05, 0.1) is 16.1 Å². The zero-order chi connectivity index (χ0) is 17.8. The molecule has 23 heavy (non-hydrogen) atoms. The molecule has 0 aromatic heterocycles. The summed E-state index contributed by atoms with van der Waals surface area (Å²) in [5.74, 6) is -1.36. The standard InChI is InChI=1S/C16H19NO6/c1-10(14(18)23-16(3,4)5)11(2)22-15(19)12-6-8-13(9-7-12)17(20)21/h6-9,11H,1H2,2-5H3. The lowest BCUT2D eigenvalue weighted by Gasteiger charge is -2.22. The van der Waals surface area contributed by atoms with Crippen molar-refractivity contribution in [3.05, 3.63) is 52.1 Å². The molecule has 0 saturated carbocycles. The average Bonchev–Trinajstić information content (AvgIpc) is 2.44. The largest absolute Gasteiger partial charge is 0.457 e. The summed E-state index contributed by atoms with van der Waals surface area (Å²) in [6, 6.07) is 4.96. The Hall–Kier alpha value is -2.70. The zero-order valence-corrected chi connectivity index (χ0v) is 13.5. The van der Waals surface area contributed by atoms with Crippen LogP contribution in [-0.2, 0) is 14.3 Å². The van der Waals surface area contributed by atoms with Crippen molar-refractivity contribution in [3.63, 3.8) is 0 Å². The van der Waals surface area contributed by atoms with Gasteiger partial charge in [-0.3, -0.25) is 10.1 Å². The highest BCUT2D eigenvalue weighted by molar-refractivity contribution is 5.92. The fraction of sp³-hybridized carbons (Fsp3) is 0.375. The number of hydrogen-bond donors (Lipinski definition) is 0. The first kappa shape index (κ1) is 18.3. The van der Waals surface area contributed by atoms with Crippen LogP contribution in [0.3, 0.4) is 0 Å². The number of carbonyl (C=O) groups is 2. The maximum Gasteiger partial charge on any atom is 0.338 e. The topological polar surface area (TPSA) is 95.7 Å². The van der Waals surface area contributed by atoms with Gasteiger partial charge in [-0.2, -0.15) is 0 Å². The Morgan fingerprint density at radius 1 is 1.22 bits per heavy atom. The van der Waals surface area contributed by atoms with Gasteiger partial charge in [-0.05, 0) is 39.8 Å². The smallest absolute Gasteiger partial charge is 0.338 e. The van der Waals surface area contributed by atoms with Crippen LogP contribution in [0.4, 0.5) is 5.69 Å². The molecule has 124 valence electrons. The van der Waals surface area contributed by atoms with Crippen LogP contribution >= 0.6 is 0 Å². The number of hydrogen-bond acceptors (Lipinski definition) is 6. The number of nitro groups is 1. The fourth-order valence-corrected chi connectivity index (χ4v) is 1.53. The van der Waals surface area contributed by atoms with Gasteiger partial charge in [-0.25, -0.2) is 9.59 Å². The van der Waals surface area contributed by atoms with Crippen molar-refractivity contribution in [2.75, 3.05) is 0 Å². The Morgan fingerprint density at radius 2 is 1.74 bits per heavy atom. The predicted molar refractivity (Wildman–Crippen MR) is 83.0 cm³/mol. The second-order valence-electron chi connectivity index (χ2n) is 5.88. The molecule has 7 nitrogen and oxygen atoms in total. The number of esters is 2. The van der Waals surface area contributed by atoms with Crippen LogP contribution in [-0.4, -0.2) is 28.6 Å². The van der Waals surface area contributed by atoms with E-state index in [0.29, 0.717) is 0 Å². The molecule has 0 aliphatic carbocycles. The Morgan fingerprint density at radius 3 is 2.17 bits per heavy atom. The zero-order valence-electron chi connectivity index (χ0n) is 13.5. The molecular weight excluding hydrogens is 302 g/mol. The molecule has 0 radical (unpaired) electrons. The summed E-state index contributed by atoms with van der Waals surface area (Å²) in [6.07, 6.45) is -0.882. The molecule has 0 fully saturated rings. The maximum atomic E-state index is 12.0. The highest BCUT2D eigenvalue weighted by atomic mass is 16.6. The molecule has 0 bridgehead atoms. The van der Waals surface area contributed by atoms with Crippen LogP contribution in [0.1, 0.15) is 38.1 Å². The number of ether oxygens (including phenoxy) is 2. The minimum Gasteiger partial charge on any atom is -0.457 e. The number of nitrogens with zero attached hydrogens (tertiary/aromatic N) is 1. The quantitative estimate of drug-likeness (QED) is 0.358. The van der Waals surface area contributed by atoms with Crippen LogP contribution in [0.2, 0.25) is 0 Å². The average molecular weight is 321 g/mol. The van der Waals surface area contributed by atoms with Gasteiger partial charge in [0, 0.05) is 12.1 Å². The third-order valence-corrected chi connectivity index (χ3v) is 2.75. The molecule has 0 N–H and O–H groups in total. The first-order chi connectivity index (χ1) is 10.5. The highest BCUT2D eigenvalue weighted by Crippen LogP contribution is 2.17. The van der Waals surface area contributed by atoms with E-state index in [0.717, 1.165) is 0 Å². The number of benzene rings is 1. The molecule has 1 atom stereocenters. The minimum atomic E-state index is -0.882. The van der Waals surface area contributed by atoms with Gasteiger partial charge in [-0.1, -0.05) is 6.58 Å². The Bertz CT molecular complexity index is 627. The van der Waals surface area contributed by atoms with E-state index in [1.165, 1.54) is 31.2 Å². The summed E-state index contributed by atoms with van der Waals surface area (Å²) in [4.78, 5) is 33.8. The van der Waals surface area contributed by atoms with Crippen LogP contribution in [0, 0.1) is 10.1 Å². The molecule has 0 amide bonds. The third kappa shape index (κ3) is 5.54. The number of nitro benzene ring substituents is 1. The Kier molecular flexibility index (Phi) is 5.62. The van der Waals surface area contributed by atoms with Gasteiger partial charge in [0.1, 0.15) is 11.7 Å². The summed E-state index contributed by atoms with van der Waals surface area (Å²) in [7, 11) is 0. The summed E-state index contributed by atoms with van der Waals surface area (Å²) in [6.45, 7) is 10.2. The molecule has 1 unspecified atom stereocenters. The molecular formula is C16H19NO6. The van der Waals surface area contributed by atoms with Crippen LogP contribution in [0.15, 0.2) is 36.4 Å². The summed E-state index contributed by atoms with van der Waals surface area (Å²) < 4.78 is 10.3. The van der Waals surface area contributed by atoms with E-state index in [2.05, 4.69) is 6.58 Å². The number of non-ortho nitro benzene ring substituents is 1. The van der Waals surface area contributed by atoms with Crippen LogP contribution < -0.4 is 0 Å². The summed E-state index contributed by atoms with van der Waals surface area (Å²) in [5, 5.41) is 10.6. The lowest BCUT2D eigenvalue weighted by atomic mass is 10.1. The number of carbonyl (C=O) groups excluding carboxylic acids is 2. The van der Waals surface area contributed by atoms with Crippen molar-refractivity contribution in [1.82, 2.24) is 0 Å². The monoisotopic (exact) mass is 321 g/mol. The van der Waals surface area contributed by atoms with Gasteiger partial charge < -0.3 is 9.47 Å². The molecule has 1 aromatic carbocycles. The SMILES string of the molecule is C=C(C(=O)OC(C)(C)C)C(C)OC(=O)c1ccc([N+](=O)[O-])cc1. The van der Waals surface area contributed by atoms with E-state index in [-0.39, 0.29) is 16.8 Å². The summed E-state index contributed by atoms with van der Waals surface area (Å²) in [5.41, 5.74) is -0.662. The van der Waals surface area contributed by atoms with Crippen molar-refractivity contribution in [2.24, 2.45) is 0 Å². The van der Waals surface area contributed by atoms with Crippen molar-refractivity contribution in [1.29, 1.82) is 0 Å². The van der Waals surface area contributed by atoms with Crippen LogP contribution in [0.25, 0.3) is 0 Å². The molecule has 0 aliphatic rings. The van der Waals surface area contributed by atoms with E-state index >= 15 is 0 Å². The number of rotatable bonds is 5. The van der Waals surface area contributed by atoms with Crippen molar-refractivity contribution in [2.45, 2.75) is 39.4 Å². The Labute approximate surface area is 134 Å². The molecule has 7 heteroatoms. The first-order valence-corrected chi connectivity index (χ1v) is 6.89. The van der Waals surface area contributed by atoms with E-state index in [4.69, 9.17) is 9.47 Å². The van der Waals surface area contributed by atoms with E-state index in [9.17, 15) is 19.7 Å². The van der Waals surface area contributed by atoms with E-state index in [1.54, 1.807) is 20.8 Å². The maximum absolute atomic E-state index is 12.0. The lowest BCUT2D eigenvalue weighted by molar-refractivity contribution is -0.384. The molecule has 1 aromatic rings. The Balaban J connectivity index is 2.71. The second-order valence-corrected chi connectivity index (χ2v) is 5.88. The third-order valence-electron chi connectivity index (χ3n) is 2.75. The first-order valence-electron chi connectivity index (χ1n) is 6.89. The van der Waals surface area contributed by atoms with Crippen molar-refractivity contribution in [3.8, 4) is 0 Å². The van der Waals surface area contributed by atoms with Crippen LogP contribution in [0.5, 0.6) is 0 Å². The minimum absolute atomic E-state index is 0.00943. The molecule has 0 heterocycles. The van der Waals surface area contributed by atoms with Gasteiger partial charge >= 0.3 is 11.9 Å². The second kappa shape index (κ2) is 7.04. The van der Waals surface area contributed by atoms with Gasteiger partial charge in [0.15, 0.2) is 0 Å². The lowest BCUT2D eigenvalue weighted by Crippen LogP contribution is -2.29. The molecule has 0 aliphatic heterocycles. The van der Waals surface area contributed by atoms with Gasteiger partial charge in [-0.15, -0.1) is 0 Å². The normalized spacial score (nSPS) is 12.2. The fourth-order valence-electron chi connectivity index (χ4n) is 1.53.